The molecule has 1 atom stereocenters. The topological polar surface area (TPSA) is 84.9 Å². The summed E-state index contributed by atoms with van der Waals surface area (Å²) in [5, 5.41) is 11.3. The molecule has 0 saturated carbocycles. The number of nitrogens with one attached hydrogen (secondary N) is 1. The lowest BCUT2D eigenvalue weighted by Gasteiger charge is -2.26. The summed E-state index contributed by atoms with van der Waals surface area (Å²) in [6, 6.07) is -0.823. The van der Waals surface area contributed by atoms with Crippen LogP contribution in [0.4, 0.5) is 4.79 Å². The number of esters is 1. The van der Waals surface area contributed by atoms with Gasteiger partial charge >= 0.3 is 12.1 Å². The molecule has 0 heterocycles. The maximum Gasteiger partial charge on any atom is 0.408 e. The van der Waals surface area contributed by atoms with E-state index in [0.717, 1.165) is 0 Å². The molecule has 0 unspecified atom stereocenters. The minimum absolute atomic E-state index is 0.0602. The number of hydrogen-bond acceptors (Lipinski definition) is 5. The zero-order chi connectivity index (χ0) is 16.0. The van der Waals surface area contributed by atoms with Crippen LogP contribution >= 0.6 is 0 Å². The molecule has 0 spiro atoms. The van der Waals surface area contributed by atoms with Gasteiger partial charge in [-0.1, -0.05) is 0 Å². The molecule has 0 radical (unpaired) electrons. The molecule has 0 aromatic carbocycles. The Bertz CT molecular complexity index is 327. The van der Waals surface area contributed by atoms with Gasteiger partial charge < -0.3 is 19.9 Å². The van der Waals surface area contributed by atoms with Crippen LogP contribution in [0.15, 0.2) is 0 Å². The molecule has 6 nitrogen and oxygen atoms in total. The summed E-state index contributed by atoms with van der Waals surface area (Å²) in [6.07, 6.45) is 0.0102. The second kappa shape index (κ2) is 7.47. The number of rotatable bonds is 5. The predicted molar refractivity (Wildman–Crippen MR) is 75.3 cm³/mol. The normalized spacial score (nSPS) is 13.6. The van der Waals surface area contributed by atoms with Crippen molar-refractivity contribution in [3.8, 4) is 0 Å². The number of alkyl carbamates (subject to hydrolysis) is 1. The Hall–Kier alpha value is -1.30. The smallest absolute Gasteiger partial charge is 0.408 e. The summed E-state index contributed by atoms with van der Waals surface area (Å²) >= 11 is 0. The maximum atomic E-state index is 12.0. The van der Waals surface area contributed by atoms with E-state index in [9.17, 15) is 9.59 Å². The SMILES string of the molecule is CC(C)(C)OC(=O)[15NH][C@H]([13CH2]C[13CH2]O)C(=O)OC(C)(C)C. The van der Waals surface area contributed by atoms with Gasteiger partial charge in [-0.15, -0.1) is 0 Å². The van der Waals surface area contributed by atoms with E-state index in [1.807, 2.05) is 0 Å². The third-order valence-electron chi connectivity index (χ3n) is 2.03. The molecule has 0 aliphatic carbocycles. The second-order valence-electron chi connectivity index (χ2n) is 6.60. The van der Waals surface area contributed by atoms with Crippen molar-refractivity contribution in [3.63, 3.8) is 0 Å². The molecule has 118 valence electrons. The van der Waals surface area contributed by atoms with Crippen molar-refractivity contribution in [2.45, 2.75) is 71.6 Å². The van der Waals surface area contributed by atoms with Crippen molar-refractivity contribution in [1.82, 2.24) is 5.32 Å². The zero-order valence-electron chi connectivity index (χ0n) is 13.3. The monoisotopic (exact) mass is 292 g/mol. The van der Waals surface area contributed by atoms with Gasteiger partial charge in [-0.25, -0.2) is 9.59 Å². The van der Waals surface area contributed by atoms with Crippen molar-refractivity contribution < 1.29 is 24.2 Å². The second-order valence-corrected chi connectivity index (χ2v) is 6.60. The largest absolute Gasteiger partial charge is 0.458 e. The van der Waals surface area contributed by atoms with Crippen molar-refractivity contribution in [2.24, 2.45) is 0 Å². The van der Waals surface area contributed by atoms with E-state index in [0.29, 0.717) is 12.8 Å². The van der Waals surface area contributed by atoms with E-state index < -0.39 is 29.3 Å². The Morgan fingerprint density at radius 3 is 1.95 bits per heavy atom. The molecule has 6 heteroatoms. The molecular weight excluding hydrogens is 265 g/mol. The van der Waals surface area contributed by atoms with Crippen LogP contribution in [0.25, 0.3) is 0 Å². The summed E-state index contributed by atoms with van der Waals surface area (Å²) in [4.78, 5) is 23.7. The molecule has 0 aromatic rings. The van der Waals surface area contributed by atoms with Gasteiger partial charge in [0, 0.05) is 6.61 Å². The van der Waals surface area contributed by atoms with Crippen LogP contribution in [0.1, 0.15) is 54.4 Å². The van der Waals surface area contributed by atoms with E-state index in [1.54, 1.807) is 41.5 Å². The van der Waals surface area contributed by atoms with Gasteiger partial charge in [0.15, 0.2) is 0 Å². The van der Waals surface area contributed by atoms with E-state index in [-0.39, 0.29) is 6.61 Å². The van der Waals surface area contributed by atoms with Gasteiger partial charge in [-0.2, -0.15) is 0 Å². The van der Waals surface area contributed by atoms with Crippen molar-refractivity contribution in [2.75, 3.05) is 6.61 Å². The Morgan fingerprint density at radius 1 is 1.05 bits per heavy atom. The van der Waals surface area contributed by atoms with Crippen LogP contribution in [0, 0.1) is 0 Å². The van der Waals surface area contributed by atoms with Crippen LogP contribution in [0.2, 0.25) is 0 Å². The number of carbonyl (C=O) groups is 2. The first-order valence-electron chi connectivity index (χ1n) is 6.78. The highest BCUT2D eigenvalue weighted by Gasteiger charge is 2.28. The fourth-order valence-electron chi connectivity index (χ4n) is 1.37. The third kappa shape index (κ3) is 9.61. The van der Waals surface area contributed by atoms with Crippen LogP contribution in [-0.2, 0) is 14.3 Å². The summed E-state index contributed by atoms with van der Waals surface area (Å²) in [7, 11) is 0. The zero-order valence-corrected chi connectivity index (χ0v) is 13.3. The molecule has 0 aromatic heterocycles. The van der Waals surface area contributed by atoms with Gasteiger partial charge in [0.25, 0.3) is 0 Å². The number of carbonyl (C=O) groups excluding carboxylic acids is 2. The third-order valence-corrected chi connectivity index (χ3v) is 2.03. The first-order chi connectivity index (χ1) is 8.94. The summed E-state index contributed by atoms with van der Waals surface area (Å²) < 4.78 is 10.3. The highest BCUT2D eigenvalue weighted by Crippen LogP contribution is 2.12. The van der Waals surface area contributed by atoms with E-state index >= 15 is 0 Å². The van der Waals surface area contributed by atoms with E-state index in [1.165, 1.54) is 0 Å². The molecule has 0 rings (SSSR count). The fraction of sp³-hybridized carbons (Fsp3) is 0.857. The minimum Gasteiger partial charge on any atom is -0.458 e. The van der Waals surface area contributed by atoms with Crippen LogP contribution < -0.4 is 5.32 Å². The Balaban J connectivity index is 4.63. The van der Waals surface area contributed by atoms with Crippen molar-refractivity contribution in [3.05, 3.63) is 0 Å². The molecule has 0 saturated heterocycles. The van der Waals surface area contributed by atoms with Gasteiger partial charge in [0.2, 0.25) is 0 Å². The molecule has 20 heavy (non-hydrogen) atoms. The number of aliphatic hydroxyl groups excluding tert-OH is 1. The van der Waals surface area contributed by atoms with Crippen LogP contribution in [-0.4, -0.2) is 41.0 Å². The molecule has 1 amide bonds. The first kappa shape index (κ1) is 18.7. The lowest BCUT2D eigenvalue weighted by molar-refractivity contribution is -0.157. The molecule has 0 aliphatic rings. The Labute approximate surface area is 120 Å². The van der Waals surface area contributed by atoms with E-state index in [2.05, 4.69) is 5.32 Å². The van der Waals surface area contributed by atoms with Crippen LogP contribution in [0.5, 0.6) is 0 Å². The van der Waals surface area contributed by atoms with Crippen LogP contribution in [0.3, 0.4) is 0 Å². The first-order valence-corrected chi connectivity index (χ1v) is 6.78. The number of amides is 1. The lowest BCUT2D eigenvalue weighted by atomic mass is 10.2. The van der Waals surface area contributed by atoms with Gasteiger partial charge in [0.05, 0.1) is 0 Å². The average molecular weight is 292 g/mol. The summed E-state index contributed by atoms with van der Waals surface area (Å²) in [5.74, 6) is -0.531. The summed E-state index contributed by atoms with van der Waals surface area (Å²) in [5.41, 5.74) is -1.27. The van der Waals surface area contributed by atoms with Gasteiger partial charge in [0.1, 0.15) is 17.2 Å². The minimum atomic E-state index is -0.823. The predicted octanol–water partition coefficient (Wildman–Crippen LogP) is 1.99. The number of hydrogen-bond donors (Lipinski definition) is 2. The Kier molecular flexibility index (Phi) is 6.99. The maximum absolute atomic E-state index is 12.0. The molecule has 0 fully saturated rings. The fourth-order valence-corrected chi connectivity index (χ4v) is 1.37. The molecular formula is C14H27NO5. The highest BCUT2D eigenvalue weighted by atomic mass is 16.6. The van der Waals surface area contributed by atoms with Crippen molar-refractivity contribution >= 4 is 12.1 Å². The van der Waals surface area contributed by atoms with Gasteiger partial charge in [-0.05, 0) is 54.4 Å². The average Bonchev–Trinajstić information content (AvgIpc) is 2.18. The molecule has 0 bridgehead atoms. The standard InChI is InChI=1S/C14H27NO5/c1-13(2,3)19-11(17)10(8-7-9-16)15-12(18)20-14(4,5)6/h10,16H,7-9H2,1-6H3,(H,15,18)/t10-/m1/s1/i8+1,9+1,15+1. The summed E-state index contributed by atoms with van der Waals surface area (Å²) in [6.45, 7) is 10.4. The number of ether oxygens (including phenoxy) is 2. The van der Waals surface area contributed by atoms with E-state index in [4.69, 9.17) is 14.6 Å². The number of aliphatic hydroxyl groups is 1. The molecule has 2 N–H and O–H groups in total. The Morgan fingerprint density at radius 2 is 1.55 bits per heavy atom. The highest BCUT2D eigenvalue weighted by molar-refractivity contribution is 5.81. The lowest BCUT2D eigenvalue weighted by Crippen LogP contribution is -2.46. The molecule has 0 aliphatic heterocycles. The quantitative estimate of drug-likeness (QED) is 0.460. The van der Waals surface area contributed by atoms with Crippen molar-refractivity contribution in [1.29, 1.82) is 0 Å². The van der Waals surface area contributed by atoms with Gasteiger partial charge in [-0.3, -0.25) is 0 Å².